The van der Waals surface area contributed by atoms with Crippen LogP contribution in [0.1, 0.15) is 25.8 Å². The molecular formula is C22H24N4O5. The average Bonchev–Trinajstić information content (AvgIpc) is 2.77. The first kappa shape index (κ1) is 21.8. The number of nitrogens with zero attached hydrogens (tertiary/aromatic N) is 1. The van der Waals surface area contributed by atoms with E-state index in [1.807, 2.05) is 19.1 Å². The zero-order chi connectivity index (χ0) is 22.2. The number of benzene rings is 2. The van der Waals surface area contributed by atoms with E-state index in [1.165, 1.54) is 0 Å². The smallest absolute Gasteiger partial charge is 0.329 e. The summed E-state index contributed by atoms with van der Waals surface area (Å²) in [5.74, 6) is -0.901. The van der Waals surface area contributed by atoms with Gasteiger partial charge in [0.15, 0.2) is 11.5 Å². The van der Waals surface area contributed by atoms with E-state index in [0.717, 1.165) is 12.0 Å². The lowest BCUT2D eigenvalue weighted by Crippen LogP contribution is -2.33. The molecule has 3 rings (SSSR count). The molecule has 0 atom stereocenters. The van der Waals surface area contributed by atoms with Gasteiger partial charge in [-0.15, -0.1) is 0 Å². The van der Waals surface area contributed by atoms with Gasteiger partial charge >= 0.3 is 11.8 Å². The van der Waals surface area contributed by atoms with E-state index in [0.29, 0.717) is 41.8 Å². The highest BCUT2D eigenvalue weighted by Crippen LogP contribution is 2.32. The van der Waals surface area contributed by atoms with Crippen molar-refractivity contribution in [3.8, 4) is 11.5 Å². The van der Waals surface area contributed by atoms with Crippen molar-refractivity contribution in [2.24, 2.45) is 5.10 Å². The molecule has 3 N–H and O–H groups in total. The Balaban J connectivity index is 1.47. The van der Waals surface area contributed by atoms with Gasteiger partial charge in [0.05, 0.1) is 6.42 Å². The van der Waals surface area contributed by atoms with Crippen molar-refractivity contribution in [3.63, 3.8) is 0 Å². The minimum Gasteiger partial charge on any atom is -0.486 e. The Morgan fingerprint density at radius 3 is 2.29 bits per heavy atom. The highest BCUT2D eigenvalue weighted by Gasteiger charge is 2.15. The minimum absolute atomic E-state index is 0.0607. The van der Waals surface area contributed by atoms with Crippen LogP contribution < -0.4 is 25.5 Å². The van der Waals surface area contributed by atoms with Gasteiger partial charge < -0.3 is 20.1 Å². The second kappa shape index (κ2) is 10.2. The fourth-order valence-corrected chi connectivity index (χ4v) is 2.81. The number of rotatable bonds is 6. The molecule has 162 valence electrons. The second-order valence-electron chi connectivity index (χ2n) is 6.88. The van der Waals surface area contributed by atoms with E-state index in [9.17, 15) is 14.4 Å². The van der Waals surface area contributed by atoms with Crippen molar-refractivity contribution in [1.29, 1.82) is 0 Å². The van der Waals surface area contributed by atoms with Crippen molar-refractivity contribution < 1.29 is 23.9 Å². The Bertz CT molecular complexity index is 1000. The van der Waals surface area contributed by atoms with Crippen molar-refractivity contribution in [2.45, 2.75) is 26.7 Å². The molecule has 2 aromatic carbocycles. The Kier molecular flexibility index (Phi) is 7.21. The average molecular weight is 424 g/mol. The predicted molar refractivity (Wildman–Crippen MR) is 116 cm³/mol. The lowest BCUT2D eigenvalue weighted by atomic mass is 10.1. The normalized spacial score (nSPS) is 12.6. The Hall–Kier alpha value is -3.88. The number of fused-ring (bicyclic) bond motifs is 1. The van der Waals surface area contributed by atoms with Gasteiger partial charge in [0, 0.05) is 23.2 Å². The monoisotopic (exact) mass is 424 g/mol. The van der Waals surface area contributed by atoms with Crippen molar-refractivity contribution in [3.05, 3.63) is 48.0 Å². The maximum Gasteiger partial charge on any atom is 0.329 e. The summed E-state index contributed by atoms with van der Waals surface area (Å²) >= 11 is 0. The van der Waals surface area contributed by atoms with Gasteiger partial charge in [-0.05, 0) is 43.2 Å². The molecule has 0 aromatic heterocycles. The number of carbonyl (C=O) groups is 3. The standard InChI is InChI=1S/C22H24N4O5/c1-3-15-4-6-16(7-5-15)24-21(28)22(29)26-25-14(2)12-20(27)23-17-8-9-18-19(13-17)31-11-10-30-18/h4-9,13H,3,10-12H2,1-2H3,(H,23,27)(H,24,28)(H,26,29)/b25-14+. The summed E-state index contributed by atoms with van der Waals surface area (Å²) in [7, 11) is 0. The van der Waals surface area contributed by atoms with E-state index >= 15 is 0 Å². The van der Waals surface area contributed by atoms with Crippen LogP contribution in [0.25, 0.3) is 0 Å². The van der Waals surface area contributed by atoms with E-state index in [-0.39, 0.29) is 12.3 Å². The summed E-state index contributed by atoms with van der Waals surface area (Å²) in [6.45, 7) is 4.54. The van der Waals surface area contributed by atoms with Crippen molar-refractivity contribution in [1.82, 2.24) is 5.43 Å². The molecule has 0 fully saturated rings. The third kappa shape index (κ3) is 6.30. The van der Waals surface area contributed by atoms with Gasteiger partial charge in [-0.3, -0.25) is 14.4 Å². The van der Waals surface area contributed by atoms with Gasteiger partial charge in [-0.1, -0.05) is 19.1 Å². The second-order valence-corrected chi connectivity index (χ2v) is 6.88. The van der Waals surface area contributed by atoms with Crippen LogP contribution in [0.5, 0.6) is 11.5 Å². The first-order valence-corrected chi connectivity index (χ1v) is 9.87. The summed E-state index contributed by atoms with van der Waals surface area (Å²) in [6.07, 6.45) is 0.819. The van der Waals surface area contributed by atoms with Crippen LogP contribution in [0, 0.1) is 0 Å². The first-order valence-electron chi connectivity index (χ1n) is 9.87. The number of ether oxygens (including phenoxy) is 2. The number of hydrazone groups is 1. The van der Waals surface area contributed by atoms with E-state index < -0.39 is 11.8 Å². The quantitative estimate of drug-likeness (QED) is 0.374. The van der Waals surface area contributed by atoms with Crippen LogP contribution in [0.3, 0.4) is 0 Å². The van der Waals surface area contributed by atoms with E-state index in [1.54, 1.807) is 37.3 Å². The number of amides is 3. The largest absolute Gasteiger partial charge is 0.486 e. The van der Waals surface area contributed by atoms with Crippen LogP contribution in [-0.2, 0) is 20.8 Å². The number of aryl methyl sites for hydroxylation is 1. The van der Waals surface area contributed by atoms with Gasteiger partial charge in [-0.2, -0.15) is 5.10 Å². The maximum absolute atomic E-state index is 12.2. The molecule has 2 aromatic rings. The van der Waals surface area contributed by atoms with Gasteiger partial charge in [0.1, 0.15) is 13.2 Å². The summed E-state index contributed by atoms with van der Waals surface area (Å²) in [5, 5.41) is 9.04. The summed E-state index contributed by atoms with van der Waals surface area (Å²) in [4.78, 5) is 36.1. The molecule has 9 heteroatoms. The molecule has 3 amide bonds. The summed E-state index contributed by atoms with van der Waals surface area (Å²) in [6, 6.07) is 12.3. The predicted octanol–water partition coefficient (Wildman–Crippen LogP) is 2.48. The minimum atomic E-state index is -0.925. The van der Waals surface area contributed by atoms with E-state index in [4.69, 9.17) is 9.47 Å². The summed E-state index contributed by atoms with van der Waals surface area (Å²) < 4.78 is 10.9. The Labute approximate surface area is 179 Å². The number of anilines is 2. The number of nitrogens with one attached hydrogen (secondary N) is 3. The van der Waals surface area contributed by atoms with Crippen LogP contribution in [0.4, 0.5) is 11.4 Å². The zero-order valence-electron chi connectivity index (χ0n) is 17.4. The maximum atomic E-state index is 12.2. The van der Waals surface area contributed by atoms with Crippen LogP contribution >= 0.6 is 0 Å². The SMILES string of the molecule is CCc1ccc(NC(=O)C(=O)N/N=C(\C)CC(=O)Nc2ccc3c(c2)OCCO3)cc1. The highest BCUT2D eigenvalue weighted by molar-refractivity contribution is 6.39. The zero-order valence-corrected chi connectivity index (χ0v) is 17.4. The molecule has 0 bridgehead atoms. The third-order valence-electron chi connectivity index (χ3n) is 4.42. The molecule has 1 aliphatic rings. The number of carbonyl (C=O) groups excluding carboxylic acids is 3. The van der Waals surface area contributed by atoms with E-state index in [2.05, 4.69) is 21.2 Å². The number of hydrogen-bond acceptors (Lipinski definition) is 6. The molecule has 0 unspecified atom stereocenters. The Morgan fingerprint density at radius 2 is 1.58 bits per heavy atom. The molecule has 0 aliphatic carbocycles. The van der Waals surface area contributed by atoms with Gasteiger partial charge in [-0.25, -0.2) is 5.43 Å². The molecule has 0 radical (unpaired) electrons. The molecule has 0 saturated heterocycles. The Morgan fingerprint density at radius 1 is 0.903 bits per heavy atom. The van der Waals surface area contributed by atoms with Gasteiger partial charge in [0.2, 0.25) is 5.91 Å². The van der Waals surface area contributed by atoms with Crippen LogP contribution in [0.15, 0.2) is 47.6 Å². The first-order chi connectivity index (χ1) is 14.9. The molecular weight excluding hydrogens is 400 g/mol. The van der Waals surface area contributed by atoms with Crippen LogP contribution in [0.2, 0.25) is 0 Å². The highest BCUT2D eigenvalue weighted by atomic mass is 16.6. The lowest BCUT2D eigenvalue weighted by Gasteiger charge is -2.19. The molecule has 0 spiro atoms. The van der Waals surface area contributed by atoms with Crippen molar-refractivity contribution >= 4 is 34.8 Å². The summed E-state index contributed by atoms with van der Waals surface area (Å²) in [5.41, 5.74) is 4.68. The molecule has 1 heterocycles. The van der Waals surface area contributed by atoms with Crippen LogP contribution in [-0.4, -0.2) is 36.6 Å². The fourth-order valence-electron chi connectivity index (χ4n) is 2.81. The molecule has 1 aliphatic heterocycles. The number of hydrogen-bond donors (Lipinski definition) is 3. The van der Waals surface area contributed by atoms with Crippen molar-refractivity contribution in [2.75, 3.05) is 23.8 Å². The van der Waals surface area contributed by atoms with Gasteiger partial charge in [0.25, 0.3) is 0 Å². The fraction of sp³-hybridized carbons (Fsp3) is 0.273. The molecule has 31 heavy (non-hydrogen) atoms. The lowest BCUT2D eigenvalue weighted by molar-refractivity contribution is -0.136. The molecule has 9 nitrogen and oxygen atoms in total. The topological polar surface area (TPSA) is 118 Å². The molecule has 0 saturated carbocycles. The third-order valence-corrected chi connectivity index (χ3v) is 4.42.